The summed E-state index contributed by atoms with van der Waals surface area (Å²) >= 11 is 0. The van der Waals surface area contributed by atoms with Gasteiger partial charge in [-0.2, -0.15) is 0 Å². The Morgan fingerprint density at radius 3 is 2.37 bits per heavy atom. The Hall–Kier alpha value is -3.45. The van der Waals surface area contributed by atoms with Gasteiger partial charge in [-0.25, -0.2) is 15.6 Å². The van der Waals surface area contributed by atoms with E-state index in [1.54, 1.807) is 19.9 Å². The van der Waals surface area contributed by atoms with Crippen LogP contribution in [0.25, 0.3) is 11.1 Å². The zero-order valence-electron chi connectivity index (χ0n) is 20.8. The van der Waals surface area contributed by atoms with Crippen molar-refractivity contribution in [2.45, 2.75) is 45.6 Å². The predicted molar refractivity (Wildman–Crippen MR) is 136 cm³/mol. The van der Waals surface area contributed by atoms with Crippen molar-refractivity contribution in [1.29, 1.82) is 0 Å². The molecular formula is C28H36N3O4+. The van der Waals surface area contributed by atoms with Gasteiger partial charge in [0.25, 0.3) is 0 Å². The van der Waals surface area contributed by atoms with Gasteiger partial charge >= 0.3 is 5.97 Å². The second-order valence-electron chi connectivity index (χ2n) is 9.79. The minimum absolute atomic E-state index is 0.524. The van der Waals surface area contributed by atoms with Gasteiger partial charge in [0.1, 0.15) is 17.2 Å². The average molecular weight is 479 g/mol. The van der Waals surface area contributed by atoms with Gasteiger partial charge in [0.05, 0.1) is 6.61 Å². The average Bonchev–Trinajstić information content (AvgIpc) is 2.85. The normalized spacial score (nSPS) is 16.7. The number of likely N-dealkylation sites (tertiary alicyclic amines) is 1. The molecule has 2 aliphatic rings. The van der Waals surface area contributed by atoms with E-state index in [-0.39, 0.29) is 0 Å². The van der Waals surface area contributed by atoms with Crippen LogP contribution in [-0.2, 0) is 4.79 Å². The number of aliphatic carboxylic acids is 1. The van der Waals surface area contributed by atoms with E-state index >= 15 is 0 Å². The Morgan fingerprint density at radius 2 is 1.74 bits per heavy atom. The standard InChI is InChI=1S/C28H35N3O4/c1-20-10-11-26(30-29-20)31-15-12-21(13-16-31)14-17-34-24-8-4-6-22(18-24)23-7-5-9-25(19-23)35-28(2,3)27(32)33/h4-11,18-19,21,29-30H,12-17H2,1-3H3,(H,32,33)/p+1. The first-order valence-electron chi connectivity index (χ1n) is 12.3. The van der Waals surface area contributed by atoms with E-state index < -0.39 is 11.6 Å². The number of carboxylic acids is 1. The van der Waals surface area contributed by atoms with Gasteiger partial charge in [-0.05, 0) is 80.5 Å². The Bertz CT molecular complexity index is 1100. The van der Waals surface area contributed by atoms with Crippen molar-refractivity contribution in [2.24, 2.45) is 5.92 Å². The van der Waals surface area contributed by atoms with Crippen LogP contribution >= 0.6 is 0 Å². The van der Waals surface area contributed by atoms with E-state index in [4.69, 9.17) is 9.47 Å². The molecular weight excluding hydrogens is 442 g/mol. The molecule has 0 amide bonds. The lowest BCUT2D eigenvalue weighted by Crippen LogP contribution is -2.92. The van der Waals surface area contributed by atoms with Gasteiger partial charge < -0.3 is 19.5 Å². The number of carboxylic acid groups (broad SMARTS) is 1. The van der Waals surface area contributed by atoms with Crippen molar-refractivity contribution in [3.63, 3.8) is 0 Å². The molecule has 2 aromatic carbocycles. The Kier molecular flexibility index (Phi) is 7.66. The van der Waals surface area contributed by atoms with Crippen LogP contribution in [0.4, 0.5) is 0 Å². The third-order valence-corrected chi connectivity index (χ3v) is 6.59. The van der Waals surface area contributed by atoms with Crippen molar-refractivity contribution >= 4 is 5.97 Å². The van der Waals surface area contributed by atoms with Crippen LogP contribution in [-0.4, -0.2) is 41.3 Å². The quantitative estimate of drug-likeness (QED) is 0.474. The molecule has 0 spiro atoms. The van der Waals surface area contributed by atoms with Gasteiger partial charge in [-0.3, -0.25) is 0 Å². The molecule has 2 heterocycles. The maximum absolute atomic E-state index is 11.4. The molecule has 35 heavy (non-hydrogen) atoms. The fourth-order valence-corrected chi connectivity index (χ4v) is 4.34. The summed E-state index contributed by atoms with van der Waals surface area (Å²) in [6.45, 7) is 8.01. The number of rotatable bonds is 9. The summed E-state index contributed by atoms with van der Waals surface area (Å²) in [5, 5.41) is 9.33. The molecule has 7 nitrogen and oxygen atoms in total. The van der Waals surface area contributed by atoms with Crippen LogP contribution in [0.5, 0.6) is 11.5 Å². The highest BCUT2D eigenvalue weighted by Crippen LogP contribution is 2.29. The molecule has 2 aromatic rings. The zero-order valence-corrected chi connectivity index (χ0v) is 20.8. The number of nitrogens with zero attached hydrogens (tertiary/aromatic N) is 1. The first-order valence-corrected chi connectivity index (χ1v) is 12.3. The molecule has 1 fully saturated rings. The largest absolute Gasteiger partial charge is 0.494 e. The highest BCUT2D eigenvalue weighted by atomic mass is 16.5. The maximum Gasteiger partial charge on any atom is 0.347 e. The van der Waals surface area contributed by atoms with Crippen molar-refractivity contribution in [1.82, 2.24) is 10.3 Å². The second kappa shape index (κ2) is 10.9. The Morgan fingerprint density at radius 1 is 1.09 bits per heavy atom. The summed E-state index contributed by atoms with van der Waals surface area (Å²) in [5.41, 5.74) is 7.36. The number of hydrogen-bond acceptors (Lipinski definition) is 5. The number of allylic oxidation sites excluding steroid dienone is 3. The van der Waals surface area contributed by atoms with Crippen molar-refractivity contribution in [3.8, 4) is 22.6 Å². The number of benzene rings is 2. The highest BCUT2D eigenvalue weighted by molar-refractivity contribution is 5.77. The molecule has 0 atom stereocenters. The summed E-state index contributed by atoms with van der Waals surface area (Å²) in [4.78, 5) is 13.8. The van der Waals surface area contributed by atoms with Crippen LogP contribution < -0.4 is 20.3 Å². The van der Waals surface area contributed by atoms with E-state index in [0.29, 0.717) is 18.3 Å². The number of nitrogens with two attached hydrogens (primary N) is 1. The minimum Gasteiger partial charge on any atom is -0.494 e. The molecule has 4 N–H and O–H groups in total. The Labute approximate surface area is 207 Å². The number of nitrogens with one attached hydrogen (secondary N) is 1. The maximum atomic E-state index is 11.4. The zero-order chi connectivity index (χ0) is 24.8. The first kappa shape index (κ1) is 24.7. The van der Waals surface area contributed by atoms with Gasteiger partial charge in [0.15, 0.2) is 11.4 Å². The molecule has 0 aromatic heterocycles. The predicted octanol–water partition coefficient (Wildman–Crippen LogP) is 3.90. The number of piperidine rings is 1. The van der Waals surface area contributed by atoms with Crippen molar-refractivity contribution in [2.75, 3.05) is 19.7 Å². The van der Waals surface area contributed by atoms with Gasteiger partial charge in [0, 0.05) is 26.1 Å². The molecule has 0 bridgehead atoms. The topological polar surface area (TPSA) is 87.6 Å². The summed E-state index contributed by atoms with van der Waals surface area (Å²) in [6, 6.07) is 15.5. The lowest BCUT2D eigenvalue weighted by atomic mass is 9.94. The van der Waals surface area contributed by atoms with E-state index in [0.717, 1.165) is 36.4 Å². The molecule has 4 rings (SSSR count). The number of ether oxygens (including phenoxy) is 2. The number of quaternary nitrogens is 1. The van der Waals surface area contributed by atoms with Crippen LogP contribution in [0.2, 0.25) is 0 Å². The molecule has 0 unspecified atom stereocenters. The first-order chi connectivity index (χ1) is 16.8. The number of carbonyl (C=O) groups is 1. The Balaban J connectivity index is 1.28. The fraction of sp³-hybridized carbons (Fsp3) is 0.393. The van der Waals surface area contributed by atoms with Gasteiger partial charge in [-0.1, -0.05) is 24.3 Å². The molecule has 0 aliphatic carbocycles. The summed E-state index contributed by atoms with van der Waals surface area (Å²) in [6.07, 6.45) is 7.71. The summed E-state index contributed by atoms with van der Waals surface area (Å²) in [5.74, 6) is 2.23. The van der Waals surface area contributed by atoms with Crippen LogP contribution in [0.15, 0.2) is 72.2 Å². The van der Waals surface area contributed by atoms with Crippen molar-refractivity contribution < 1.29 is 24.8 Å². The SMILES string of the molecule is CC1=CC=C(N2CCC(CCOc3cccc(-c4cccc(OC(C)(C)C(=O)O)c4)c3)CC2)N[NH2+]1. The monoisotopic (exact) mass is 478 g/mol. The fourth-order valence-electron chi connectivity index (χ4n) is 4.34. The molecule has 1 saturated heterocycles. The van der Waals surface area contributed by atoms with Gasteiger partial charge in [0.2, 0.25) is 0 Å². The van der Waals surface area contributed by atoms with Crippen LogP contribution in [0, 0.1) is 5.92 Å². The lowest BCUT2D eigenvalue weighted by Gasteiger charge is -2.35. The van der Waals surface area contributed by atoms with E-state index in [1.165, 1.54) is 24.4 Å². The summed E-state index contributed by atoms with van der Waals surface area (Å²) < 4.78 is 11.8. The van der Waals surface area contributed by atoms with Crippen LogP contribution in [0.3, 0.4) is 0 Å². The van der Waals surface area contributed by atoms with Crippen LogP contribution in [0.1, 0.15) is 40.0 Å². The minimum atomic E-state index is -1.29. The second-order valence-corrected chi connectivity index (χ2v) is 9.79. The molecule has 0 saturated carbocycles. The molecule has 0 radical (unpaired) electrons. The molecule has 7 heteroatoms. The van der Waals surface area contributed by atoms with Gasteiger partial charge in [-0.15, -0.1) is 0 Å². The van der Waals surface area contributed by atoms with E-state index in [9.17, 15) is 9.90 Å². The highest BCUT2D eigenvalue weighted by Gasteiger charge is 2.29. The lowest BCUT2D eigenvalue weighted by molar-refractivity contribution is -0.662. The van der Waals surface area contributed by atoms with E-state index in [2.05, 4.69) is 34.8 Å². The van der Waals surface area contributed by atoms with E-state index in [1.807, 2.05) is 42.5 Å². The molecule has 2 aliphatic heterocycles. The van der Waals surface area contributed by atoms with Crippen molar-refractivity contribution in [3.05, 3.63) is 72.2 Å². The smallest absolute Gasteiger partial charge is 0.347 e. The molecule has 186 valence electrons. The number of hydrogen-bond donors (Lipinski definition) is 3. The third-order valence-electron chi connectivity index (χ3n) is 6.59. The third kappa shape index (κ3) is 6.57. The summed E-state index contributed by atoms with van der Waals surface area (Å²) in [7, 11) is 0.